The summed E-state index contributed by atoms with van der Waals surface area (Å²) >= 11 is 0. The first-order chi connectivity index (χ1) is 3.13. The van der Waals surface area contributed by atoms with Crippen LogP contribution >= 0.6 is 0 Å². The van der Waals surface area contributed by atoms with Crippen molar-refractivity contribution in [3.63, 3.8) is 0 Å². The Morgan fingerprint density at radius 1 is 1.00 bits per heavy atom. The van der Waals surface area contributed by atoms with E-state index < -0.39 is 18.4 Å². The summed E-state index contributed by atoms with van der Waals surface area (Å²) in [5.74, 6) is -2.62. The van der Waals surface area contributed by atoms with Gasteiger partial charge in [0.2, 0.25) is 0 Å². The van der Waals surface area contributed by atoms with Gasteiger partial charge in [0.25, 0.3) is 0 Å². The quantitative estimate of drug-likeness (QED) is 0.394. The van der Waals surface area contributed by atoms with Gasteiger partial charge in [-0.3, -0.25) is 9.59 Å². The zero-order chi connectivity index (χ0) is 5.86. The van der Waals surface area contributed by atoms with Crippen molar-refractivity contribution < 1.29 is 19.8 Å². The zero-order valence-electron chi connectivity index (χ0n) is 3.42. The van der Waals surface area contributed by atoms with Crippen LogP contribution in [0.15, 0.2) is 0 Å². The third-order valence-corrected chi connectivity index (χ3v) is 0.302. The average Bonchev–Trinajstić information content (AvgIpc) is 1.27. The van der Waals surface area contributed by atoms with E-state index in [1.165, 1.54) is 0 Å². The van der Waals surface area contributed by atoms with E-state index in [0.29, 0.717) is 0 Å². The van der Waals surface area contributed by atoms with Crippen molar-refractivity contribution in [3.8, 4) is 0 Å². The Balaban J connectivity index is -0.000000180. The predicted octanol–water partition coefficient (Wildman–Crippen LogP) is -1.75. The Kier molecular flexibility index (Phi) is 19.7. The van der Waals surface area contributed by atoms with E-state index in [1.54, 1.807) is 0 Å². The molecule has 0 aromatic heterocycles. The molecule has 0 aliphatic heterocycles. The number of carboxylic acid groups (broad SMARTS) is 2. The molecule has 0 aromatic rings. The van der Waals surface area contributed by atoms with Gasteiger partial charge in [-0.1, -0.05) is 0 Å². The van der Waals surface area contributed by atoms with E-state index in [9.17, 15) is 9.59 Å². The molecular formula is C3H6K2O4. The fourth-order valence-electron chi connectivity index (χ4n) is 0.129. The van der Waals surface area contributed by atoms with Crippen LogP contribution in [0.2, 0.25) is 0 Å². The Morgan fingerprint density at radius 3 is 1.22 bits per heavy atom. The van der Waals surface area contributed by atoms with E-state index in [1.807, 2.05) is 0 Å². The second kappa shape index (κ2) is 10.2. The number of hydrogen-bond donors (Lipinski definition) is 2. The van der Waals surface area contributed by atoms with Crippen LogP contribution in [0, 0.1) is 0 Å². The Bertz CT molecular complexity index is 90.0. The molecule has 0 atom stereocenters. The summed E-state index contributed by atoms with van der Waals surface area (Å²) in [5.41, 5.74) is 0. The van der Waals surface area contributed by atoms with Crippen LogP contribution in [0.25, 0.3) is 0 Å². The standard InChI is InChI=1S/C3H4O4.2K.2H/c4-2(5)1-3(6)7;;;;/h1H2,(H,4,5)(H,6,7);;;;. The van der Waals surface area contributed by atoms with Gasteiger partial charge in [0.15, 0.2) is 0 Å². The number of hydrogen-bond acceptors (Lipinski definition) is 2. The maximum absolute atomic E-state index is 9.43. The minimum atomic E-state index is -1.31. The van der Waals surface area contributed by atoms with Crippen molar-refractivity contribution >= 4 is 115 Å². The van der Waals surface area contributed by atoms with Crippen LogP contribution in [-0.4, -0.2) is 125 Å². The van der Waals surface area contributed by atoms with Crippen LogP contribution in [0.5, 0.6) is 0 Å². The molecule has 0 bridgehead atoms. The van der Waals surface area contributed by atoms with Gasteiger partial charge >= 0.3 is 115 Å². The molecule has 0 heterocycles. The second-order valence-corrected chi connectivity index (χ2v) is 0.964. The molecule has 0 unspecified atom stereocenters. The van der Waals surface area contributed by atoms with Gasteiger partial charge in [0.1, 0.15) is 6.42 Å². The molecule has 9 heavy (non-hydrogen) atoms. The Morgan fingerprint density at radius 2 is 1.22 bits per heavy atom. The van der Waals surface area contributed by atoms with Gasteiger partial charge in [-0.05, 0) is 0 Å². The molecular weight excluding hydrogens is 178 g/mol. The van der Waals surface area contributed by atoms with E-state index in [2.05, 4.69) is 0 Å². The van der Waals surface area contributed by atoms with Crippen molar-refractivity contribution in [1.29, 1.82) is 0 Å². The van der Waals surface area contributed by atoms with Crippen LogP contribution in [0.3, 0.4) is 0 Å². The average molecular weight is 184 g/mol. The first-order valence-electron chi connectivity index (χ1n) is 1.56. The fraction of sp³-hybridized carbons (Fsp3) is 0.333. The summed E-state index contributed by atoms with van der Waals surface area (Å²) in [7, 11) is 0. The molecule has 0 fully saturated rings. The summed E-state index contributed by atoms with van der Waals surface area (Å²) in [5, 5.41) is 15.4. The molecule has 0 rings (SSSR count). The molecule has 44 valence electrons. The maximum atomic E-state index is 9.43. The van der Waals surface area contributed by atoms with Gasteiger partial charge in [-0.25, -0.2) is 0 Å². The van der Waals surface area contributed by atoms with E-state index in [4.69, 9.17) is 10.2 Å². The van der Waals surface area contributed by atoms with Crippen LogP contribution in [0.1, 0.15) is 6.42 Å². The van der Waals surface area contributed by atoms with Gasteiger partial charge in [-0.2, -0.15) is 0 Å². The first-order valence-corrected chi connectivity index (χ1v) is 1.56. The summed E-state index contributed by atoms with van der Waals surface area (Å²) < 4.78 is 0. The topological polar surface area (TPSA) is 74.6 Å². The van der Waals surface area contributed by atoms with E-state index in [-0.39, 0.29) is 103 Å². The van der Waals surface area contributed by atoms with Crippen molar-refractivity contribution in [1.82, 2.24) is 0 Å². The number of carbonyl (C=O) groups is 2. The summed E-state index contributed by atoms with van der Waals surface area (Å²) in [6.07, 6.45) is -0.806. The van der Waals surface area contributed by atoms with Crippen molar-refractivity contribution in [2.45, 2.75) is 6.42 Å². The molecule has 0 saturated heterocycles. The summed E-state index contributed by atoms with van der Waals surface area (Å²) in [6, 6.07) is 0. The zero-order valence-corrected chi connectivity index (χ0v) is 3.42. The molecule has 6 heteroatoms. The van der Waals surface area contributed by atoms with Crippen LogP contribution in [-0.2, 0) is 9.59 Å². The third kappa shape index (κ3) is 17.8. The molecule has 0 spiro atoms. The van der Waals surface area contributed by atoms with Gasteiger partial charge in [0, 0.05) is 0 Å². The van der Waals surface area contributed by atoms with Gasteiger partial charge in [-0.15, -0.1) is 0 Å². The molecule has 0 aliphatic rings. The molecule has 4 nitrogen and oxygen atoms in total. The van der Waals surface area contributed by atoms with Crippen LogP contribution < -0.4 is 0 Å². The molecule has 0 radical (unpaired) electrons. The van der Waals surface area contributed by atoms with Crippen molar-refractivity contribution in [2.75, 3.05) is 0 Å². The fourth-order valence-corrected chi connectivity index (χ4v) is 0.129. The van der Waals surface area contributed by atoms with E-state index in [0.717, 1.165) is 0 Å². The van der Waals surface area contributed by atoms with Crippen molar-refractivity contribution in [2.24, 2.45) is 0 Å². The van der Waals surface area contributed by atoms with Gasteiger partial charge in [0.05, 0.1) is 0 Å². The van der Waals surface area contributed by atoms with E-state index >= 15 is 0 Å². The first kappa shape index (κ1) is 17.3. The molecule has 0 saturated carbocycles. The molecule has 2 N–H and O–H groups in total. The normalized spacial score (nSPS) is 6.22. The molecule has 0 aliphatic carbocycles. The van der Waals surface area contributed by atoms with Crippen molar-refractivity contribution in [3.05, 3.63) is 0 Å². The monoisotopic (exact) mass is 184 g/mol. The molecule has 0 aromatic carbocycles. The second-order valence-electron chi connectivity index (χ2n) is 0.964. The van der Waals surface area contributed by atoms with Gasteiger partial charge < -0.3 is 10.2 Å². The third-order valence-electron chi connectivity index (χ3n) is 0.302. The number of rotatable bonds is 2. The number of aliphatic carboxylic acids is 2. The summed E-state index contributed by atoms with van der Waals surface area (Å²) in [6.45, 7) is 0. The summed E-state index contributed by atoms with van der Waals surface area (Å²) in [4.78, 5) is 18.9. The predicted molar refractivity (Wildman–Crippen MR) is 34.2 cm³/mol. The Hall–Kier alpha value is 2.21. The number of carboxylic acids is 2. The SMILES string of the molecule is O=C(O)CC(=O)O.[KH].[KH]. The Labute approximate surface area is 137 Å². The van der Waals surface area contributed by atoms with Crippen LogP contribution in [0.4, 0.5) is 0 Å². The minimum absolute atomic E-state index is 0. The molecule has 0 amide bonds.